The minimum Gasteiger partial charge on any atom is -0.487 e. The second kappa shape index (κ2) is 16.7. The topological polar surface area (TPSA) is 96.2 Å². The van der Waals surface area contributed by atoms with Gasteiger partial charge in [-0.2, -0.15) is 0 Å². The van der Waals surface area contributed by atoms with Crippen molar-refractivity contribution in [3.63, 3.8) is 0 Å². The lowest BCUT2D eigenvalue weighted by atomic mass is 9.91. The van der Waals surface area contributed by atoms with Gasteiger partial charge in [0.2, 0.25) is 0 Å². The fraction of sp³-hybridized carbons (Fsp3) is 0.220. The summed E-state index contributed by atoms with van der Waals surface area (Å²) in [6.07, 6.45) is 1.84. The lowest BCUT2D eigenvalue weighted by Gasteiger charge is -2.26. The summed E-state index contributed by atoms with van der Waals surface area (Å²) in [4.78, 5) is 46.0. The molecule has 0 N–H and O–H groups in total. The molecular formula is C41H36I2N2O6S. The normalized spacial score (nSPS) is 14.2. The van der Waals surface area contributed by atoms with Crippen molar-refractivity contribution in [1.29, 1.82) is 0 Å². The molecule has 1 aliphatic heterocycles. The molecule has 1 atom stereocenters. The zero-order chi connectivity index (χ0) is 36.9. The number of fused-ring (bicyclic) bond motifs is 1. The first kappa shape index (κ1) is 37.7. The van der Waals surface area contributed by atoms with Gasteiger partial charge in [0.15, 0.2) is 4.80 Å². The van der Waals surface area contributed by atoms with Crippen molar-refractivity contribution in [2.45, 2.75) is 46.3 Å². The van der Waals surface area contributed by atoms with E-state index in [-0.39, 0.29) is 24.7 Å². The lowest BCUT2D eigenvalue weighted by molar-refractivity contribution is -0.138. The second-order valence-electron chi connectivity index (χ2n) is 12.3. The number of carbonyl (C=O) groups is 2. The third-order valence-corrected chi connectivity index (χ3v) is 10.9. The van der Waals surface area contributed by atoms with Gasteiger partial charge in [0.05, 0.1) is 44.2 Å². The van der Waals surface area contributed by atoms with E-state index in [1.807, 2.05) is 84.9 Å². The van der Waals surface area contributed by atoms with Crippen LogP contribution < -0.4 is 19.6 Å². The van der Waals surface area contributed by atoms with Crippen LogP contribution in [-0.4, -0.2) is 29.7 Å². The summed E-state index contributed by atoms with van der Waals surface area (Å²) in [5.74, 6) is 0.0496. The van der Waals surface area contributed by atoms with Gasteiger partial charge < -0.3 is 14.2 Å². The predicted octanol–water partition coefficient (Wildman–Crippen LogP) is 8.02. The molecule has 8 nitrogen and oxygen atoms in total. The summed E-state index contributed by atoms with van der Waals surface area (Å²) >= 11 is 5.77. The van der Waals surface area contributed by atoms with Gasteiger partial charge in [0.1, 0.15) is 12.4 Å². The molecule has 4 aromatic carbocycles. The summed E-state index contributed by atoms with van der Waals surface area (Å²) in [7, 11) is 0. The number of ether oxygens (including phenoxy) is 3. The van der Waals surface area contributed by atoms with Gasteiger partial charge in [-0.15, -0.1) is 0 Å². The highest BCUT2D eigenvalue weighted by Crippen LogP contribution is 2.36. The quantitative estimate of drug-likeness (QED) is 0.0985. The van der Waals surface area contributed by atoms with Gasteiger partial charge in [0, 0.05) is 14.7 Å². The first-order valence-electron chi connectivity index (χ1n) is 16.9. The van der Waals surface area contributed by atoms with E-state index in [1.54, 1.807) is 30.5 Å². The van der Waals surface area contributed by atoms with Crippen LogP contribution in [0.15, 0.2) is 106 Å². The smallest absolute Gasteiger partial charge is 0.338 e. The third kappa shape index (κ3) is 8.11. The van der Waals surface area contributed by atoms with Crippen LogP contribution in [-0.2, 0) is 20.9 Å². The van der Waals surface area contributed by atoms with E-state index in [0.717, 1.165) is 35.0 Å². The Morgan fingerprint density at radius 2 is 1.58 bits per heavy atom. The molecule has 6 rings (SSSR count). The molecule has 0 spiro atoms. The Labute approximate surface area is 333 Å². The molecule has 52 heavy (non-hydrogen) atoms. The van der Waals surface area contributed by atoms with E-state index >= 15 is 0 Å². The van der Waals surface area contributed by atoms with Crippen molar-refractivity contribution in [1.82, 2.24) is 4.57 Å². The molecule has 0 aliphatic carbocycles. The van der Waals surface area contributed by atoms with Gasteiger partial charge in [-0.25, -0.2) is 14.6 Å². The number of hydrogen-bond donors (Lipinski definition) is 0. The highest BCUT2D eigenvalue weighted by atomic mass is 127. The molecule has 1 aromatic heterocycles. The summed E-state index contributed by atoms with van der Waals surface area (Å²) in [5, 5.41) is 0. The Balaban J connectivity index is 1.48. The first-order chi connectivity index (χ1) is 25.1. The van der Waals surface area contributed by atoms with Gasteiger partial charge in [-0.1, -0.05) is 91.9 Å². The van der Waals surface area contributed by atoms with Crippen LogP contribution in [0, 0.1) is 7.14 Å². The maximum absolute atomic E-state index is 14.6. The molecule has 5 aromatic rings. The van der Waals surface area contributed by atoms with E-state index in [4.69, 9.17) is 19.2 Å². The number of thiazole rings is 1. The standard InChI is InChI=1S/C41H36I2N2O6S/c1-5-49-39(47)29-14-12-25(13-15-29)23-51-37-30(20-31(42)22-32(37)43)21-33-38(46)45-36(28-18-16-26(17-19-28)24(3)4)34(40(48)50-6-2)35(44-41(45)52-33)27-10-8-7-9-11-27/h7-22,24,36H,5-6,23H2,1-4H3/b33-21-/t36-/m1/s1. The Morgan fingerprint density at radius 1 is 0.904 bits per heavy atom. The molecule has 266 valence electrons. The predicted molar refractivity (Wildman–Crippen MR) is 220 cm³/mol. The zero-order valence-electron chi connectivity index (χ0n) is 29.0. The molecule has 0 saturated carbocycles. The monoisotopic (exact) mass is 938 g/mol. The molecule has 2 heterocycles. The molecule has 0 radical (unpaired) electrons. The van der Waals surface area contributed by atoms with Crippen molar-refractivity contribution in [3.05, 3.63) is 157 Å². The molecule has 0 unspecified atom stereocenters. The number of esters is 2. The van der Waals surface area contributed by atoms with E-state index in [2.05, 4.69) is 59.0 Å². The first-order valence-corrected chi connectivity index (χ1v) is 19.8. The number of aromatic nitrogens is 1. The van der Waals surface area contributed by atoms with Crippen LogP contribution in [0.2, 0.25) is 0 Å². The average molecular weight is 939 g/mol. The van der Waals surface area contributed by atoms with Gasteiger partial charge in [0.25, 0.3) is 5.56 Å². The van der Waals surface area contributed by atoms with E-state index in [1.165, 1.54) is 11.3 Å². The number of nitrogens with zero attached hydrogens (tertiary/aromatic N) is 2. The fourth-order valence-electron chi connectivity index (χ4n) is 5.91. The van der Waals surface area contributed by atoms with Gasteiger partial charge in [-0.3, -0.25) is 9.36 Å². The molecule has 0 fully saturated rings. The lowest BCUT2D eigenvalue weighted by Crippen LogP contribution is -2.40. The van der Waals surface area contributed by atoms with E-state index < -0.39 is 12.0 Å². The minimum absolute atomic E-state index is 0.178. The molecule has 11 heteroatoms. The maximum Gasteiger partial charge on any atom is 0.338 e. The van der Waals surface area contributed by atoms with Crippen molar-refractivity contribution in [2.24, 2.45) is 4.99 Å². The van der Waals surface area contributed by atoms with Crippen molar-refractivity contribution >= 4 is 80.2 Å². The Kier molecular flexibility index (Phi) is 12.1. The van der Waals surface area contributed by atoms with Crippen LogP contribution in [0.4, 0.5) is 0 Å². The zero-order valence-corrected chi connectivity index (χ0v) is 34.2. The molecule has 1 aliphatic rings. The van der Waals surface area contributed by atoms with Crippen LogP contribution in [0.5, 0.6) is 5.75 Å². The van der Waals surface area contributed by atoms with Crippen molar-refractivity contribution in [3.8, 4) is 5.75 Å². The summed E-state index contributed by atoms with van der Waals surface area (Å²) in [5.41, 5.74) is 5.28. The third-order valence-electron chi connectivity index (χ3n) is 8.46. The summed E-state index contributed by atoms with van der Waals surface area (Å²) < 4.78 is 21.0. The Morgan fingerprint density at radius 3 is 2.23 bits per heavy atom. The summed E-state index contributed by atoms with van der Waals surface area (Å²) in [6.45, 7) is 8.53. The number of benzene rings is 4. The van der Waals surface area contributed by atoms with Gasteiger partial charge >= 0.3 is 11.9 Å². The summed E-state index contributed by atoms with van der Waals surface area (Å²) in [6, 6.07) is 27.9. The second-order valence-corrected chi connectivity index (χ2v) is 15.7. The highest BCUT2D eigenvalue weighted by Gasteiger charge is 2.35. The molecule has 0 amide bonds. The number of halogens is 2. The fourth-order valence-corrected chi connectivity index (χ4v) is 8.94. The van der Waals surface area contributed by atoms with E-state index in [0.29, 0.717) is 44.4 Å². The number of hydrogen-bond acceptors (Lipinski definition) is 8. The number of carbonyl (C=O) groups excluding carboxylic acids is 2. The van der Waals surface area contributed by atoms with E-state index in [9.17, 15) is 14.4 Å². The van der Waals surface area contributed by atoms with Crippen LogP contribution in [0.25, 0.3) is 11.8 Å². The molecule has 0 saturated heterocycles. The SMILES string of the molecule is CCOC(=O)C1=C(c2ccccc2)N=c2s/c(=C\c3cc(I)cc(I)c3OCc3ccc(C(=O)OCC)cc3)c(=O)n2[C@@H]1c1ccc(C(C)C)cc1. The average Bonchev–Trinajstić information content (AvgIpc) is 3.45. The molecular weight excluding hydrogens is 902 g/mol. The van der Waals surface area contributed by atoms with Crippen molar-refractivity contribution in [2.75, 3.05) is 13.2 Å². The van der Waals surface area contributed by atoms with Crippen LogP contribution in [0.1, 0.15) is 77.8 Å². The Hall–Kier alpha value is -4.08. The minimum atomic E-state index is -0.766. The van der Waals surface area contributed by atoms with Crippen LogP contribution >= 0.6 is 56.5 Å². The van der Waals surface area contributed by atoms with Crippen molar-refractivity contribution < 1.29 is 23.8 Å². The van der Waals surface area contributed by atoms with Crippen LogP contribution in [0.3, 0.4) is 0 Å². The highest BCUT2D eigenvalue weighted by molar-refractivity contribution is 14.1. The maximum atomic E-state index is 14.6. The molecule has 0 bridgehead atoms. The Bertz CT molecular complexity index is 2330. The largest absolute Gasteiger partial charge is 0.487 e. The number of rotatable bonds is 11. The van der Waals surface area contributed by atoms with Gasteiger partial charge in [-0.05, 0) is 112 Å².